The third-order valence-corrected chi connectivity index (χ3v) is 5.31. The van der Waals surface area contributed by atoms with Crippen LogP contribution in [0.3, 0.4) is 0 Å². The predicted molar refractivity (Wildman–Crippen MR) is 106 cm³/mol. The van der Waals surface area contributed by atoms with Crippen molar-refractivity contribution >= 4 is 5.97 Å². The van der Waals surface area contributed by atoms with Crippen molar-refractivity contribution in [1.29, 1.82) is 0 Å². The molecule has 1 aromatic rings. The fourth-order valence-electron chi connectivity index (χ4n) is 3.67. The molecule has 1 aromatic carbocycles. The first-order valence-corrected chi connectivity index (χ1v) is 10.2. The SMILES string of the molecule is CCCCN1CCC(OC(=O)CCCCc2cc(C)c(O)c(C)c2)CC1. The lowest BCUT2D eigenvalue weighted by atomic mass is 10.0. The zero-order valence-corrected chi connectivity index (χ0v) is 16.7. The second-order valence-electron chi connectivity index (χ2n) is 7.67. The maximum absolute atomic E-state index is 12.1. The fraction of sp³-hybridized carbons (Fsp3) is 0.682. The number of aromatic hydroxyl groups is 1. The molecular formula is C22H35NO3. The lowest BCUT2D eigenvalue weighted by molar-refractivity contribution is -0.151. The third-order valence-electron chi connectivity index (χ3n) is 5.31. The van der Waals surface area contributed by atoms with Crippen LogP contribution < -0.4 is 0 Å². The zero-order chi connectivity index (χ0) is 18.9. The normalized spacial score (nSPS) is 16.0. The summed E-state index contributed by atoms with van der Waals surface area (Å²) < 4.78 is 5.65. The number of rotatable bonds is 9. The molecular weight excluding hydrogens is 326 g/mol. The average molecular weight is 362 g/mol. The van der Waals surface area contributed by atoms with Crippen molar-refractivity contribution in [2.75, 3.05) is 19.6 Å². The molecule has 146 valence electrons. The lowest BCUT2D eigenvalue weighted by Crippen LogP contribution is -2.38. The number of carbonyl (C=O) groups is 1. The molecule has 4 nitrogen and oxygen atoms in total. The first kappa shape index (κ1) is 20.8. The Labute approximate surface area is 158 Å². The van der Waals surface area contributed by atoms with Crippen LogP contribution in [0.4, 0.5) is 0 Å². The van der Waals surface area contributed by atoms with Crippen molar-refractivity contribution in [2.24, 2.45) is 0 Å². The van der Waals surface area contributed by atoms with Gasteiger partial charge in [0, 0.05) is 19.5 Å². The Morgan fingerprint density at radius 1 is 1.15 bits per heavy atom. The Hall–Kier alpha value is -1.55. The highest BCUT2D eigenvalue weighted by Gasteiger charge is 2.21. The standard InChI is InChI=1S/C22H35NO3/c1-4-5-12-23-13-10-20(11-14-23)26-21(24)9-7-6-8-19-15-17(2)22(25)18(3)16-19/h15-16,20,25H,4-14H2,1-3H3. The van der Waals surface area contributed by atoms with E-state index in [9.17, 15) is 9.90 Å². The van der Waals surface area contributed by atoms with Gasteiger partial charge in [0.2, 0.25) is 0 Å². The zero-order valence-electron chi connectivity index (χ0n) is 16.7. The van der Waals surface area contributed by atoms with Crippen LogP contribution in [0.5, 0.6) is 5.75 Å². The van der Waals surface area contributed by atoms with E-state index in [1.54, 1.807) is 0 Å². The van der Waals surface area contributed by atoms with Gasteiger partial charge >= 0.3 is 5.97 Å². The summed E-state index contributed by atoms with van der Waals surface area (Å²) in [5, 5.41) is 9.83. The first-order chi connectivity index (χ1) is 12.5. The van der Waals surface area contributed by atoms with Gasteiger partial charge in [-0.05, 0) is 75.6 Å². The average Bonchev–Trinajstić information content (AvgIpc) is 2.62. The molecule has 0 atom stereocenters. The molecule has 0 radical (unpaired) electrons. The van der Waals surface area contributed by atoms with Crippen LogP contribution in [0, 0.1) is 13.8 Å². The minimum absolute atomic E-state index is 0.0462. The second kappa shape index (κ2) is 10.6. The molecule has 4 heteroatoms. The number of hydrogen-bond donors (Lipinski definition) is 1. The molecule has 0 saturated carbocycles. The first-order valence-electron chi connectivity index (χ1n) is 10.2. The van der Waals surface area contributed by atoms with Crippen LogP contribution in [0.25, 0.3) is 0 Å². The molecule has 0 amide bonds. The van der Waals surface area contributed by atoms with Gasteiger partial charge in [-0.3, -0.25) is 4.79 Å². The number of benzene rings is 1. The minimum Gasteiger partial charge on any atom is -0.507 e. The Kier molecular flexibility index (Phi) is 8.43. The van der Waals surface area contributed by atoms with Gasteiger partial charge in [0.1, 0.15) is 11.9 Å². The van der Waals surface area contributed by atoms with E-state index in [0.717, 1.165) is 56.3 Å². The summed E-state index contributed by atoms with van der Waals surface area (Å²) in [7, 11) is 0. The van der Waals surface area contributed by atoms with Crippen LogP contribution in [0.2, 0.25) is 0 Å². The summed E-state index contributed by atoms with van der Waals surface area (Å²) in [6.07, 6.45) is 7.81. The summed E-state index contributed by atoms with van der Waals surface area (Å²) in [6, 6.07) is 4.07. The van der Waals surface area contributed by atoms with Gasteiger partial charge in [0.25, 0.3) is 0 Å². The Morgan fingerprint density at radius 3 is 2.42 bits per heavy atom. The smallest absolute Gasteiger partial charge is 0.306 e. The summed E-state index contributed by atoms with van der Waals surface area (Å²) >= 11 is 0. The molecule has 0 spiro atoms. The molecule has 1 saturated heterocycles. The maximum atomic E-state index is 12.1. The Morgan fingerprint density at radius 2 is 1.81 bits per heavy atom. The monoisotopic (exact) mass is 361 g/mol. The largest absolute Gasteiger partial charge is 0.507 e. The quantitative estimate of drug-likeness (QED) is 0.519. The van der Waals surface area contributed by atoms with Crippen LogP contribution in [0.15, 0.2) is 12.1 Å². The van der Waals surface area contributed by atoms with Gasteiger partial charge in [0.05, 0.1) is 0 Å². The van der Waals surface area contributed by atoms with E-state index in [4.69, 9.17) is 4.74 Å². The van der Waals surface area contributed by atoms with Crippen molar-refractivity contribution in [3.8, 4) is 5.75 Å². The molecule has 1 aliphatic rings. The van der Waals surface area contributed by atoms with Crippen LogP contribution in [0.1, 0.15) is 68.6 Å². The van der Waals surface area contributed by atoms with Crippen molar-refractivity contribution < 1.29 is 14.6 Å². The molecule has 1 N–H and O–H groups in total. The van der Waals surface area contributed by atoms with E-state index in [-0.39, 0.29) is 12.1 Å². The number of nitrogens with zero attached hydrogens (tertiary/aromatic N) is 1. The number of unbranched alkanes of at least 4 members (excludes halogenated alkanes) is 2. The van der Waals surface area contributed by atoms with Gasteiger partial charge in [-0.15, -0.1) is 0 Å². The Balaban J connectivity index is 1.61. The number of esters is 1. The number of carbonyl (C=O) groups excluding carboxylic acids is 1. The highest BCUT2D eigenvalue weighted by molar-refractivity contribution is 5.69. The molecule has 0 unspecified atom stereocenters. The maximum Gasteiger partial charge on any atom is 0.306 e. The van der Waals surface area contributed by atoms with Gasteiger partial charge < -0.3 is 14.7 Å². The van der Waals surface area contributed by atoms with Crippen LogP contribution in [-0.2, 0) is 16.0 Å². The number of piperidine rings is 1. The molecule has 2 rings (SSSR count). The van der Waals surface area contributed by atoms with E-state index >= 15 is 0 Å². The van der Waals surface area contributed by atoms with Crippen molar-refractivity contribution in [2.45, 2.75) is 78.2 Å². The van der Waals surface area contributed by atoms with Gasteiger partial charge in [-0.2, -0.15) is 0 Å². The third kappa shape index (κ3) is 6.64. The Bertz CT molecular complexity index is 554. The summed E-state index contributed by atoms with van der Waals surface area (Å²) in [5.74, 6) is 0.341. The summed E-state index contributed by atoms with van der Waals surface area (Å²) in [5.41, 5.74) is 3.07. The number of phenols is 1. The topological polar surface area (TPSA) is 49.8 Å². The van der Waals surface area contributed by atoms with Crippen molar-refractivity contribution in [3.63, 3.8) is 0 Å². The number of ether oxygens (including phenoxy) is 1. The van der Waals surface area contributed by atoms with E-state index in [1.165, 1.54) is 24.9 Å². The summed E-state index contributed by atoms with van der Waals surface area (Å²) in [4.78, 5) is 14.5. The van der Waals surface area contributed by atoms with Gasteiger partial charge in [0.15, 0.2) is 0 Å². The molecule has 26 heavy (non-hydrogen) atoms. The highest BCUT2D eigenvalue weighted by Crippen LogP contribution is 2.24. The number of likely N-dealkylation sites (tertiary alicyclic amines) is 1. The molecule has 1 aliphatic heterocycles. The van der Waals surface area contributed by atoms with Gasteiger partial charge in [-0.25, -0.2) is 0 Å². The van der Waals surface area contributed by atoms with E-state index in [1.807, 2.05) is 26.0 Å². The van der Waals surface area contributed by atoms with Crippen molar-refractivity contribution in [1.82, 2.24) is 4.90 Å². The molecule has 0 aliphatic carbocycles. The number of phenolic OH excluding ortho intramolecular Hbond substituents is 1. The van der Waals surface area contributed by atoms with Crippen LogP contribution in [-0.4, -0.2) is 41.7 Å². The van der Waals surface area contributed by atoms with E-state index in [2.05, 4.69) is 11.8 Å². The van der Waals surface area contributed by atoms with E-state index in [0.29, 0.717) is 12.2 Å². The lowest BCUT2D eigenvalue weighted by Gasteiger charge is -2.31. The van der Waals surface area contributed by atoms with E-state index < -0.39 is 0 Å². The number of hydrogen-bond acceptors (Lipinski definition) is 4. The molecule has 0 bridgehead atoms. The molecule has 1 heterocycles. The van der Waals surface area contributed by atoms with Gasteiger partial charge in [-0.1, -0.05) is 25.5 Å². The highest BCUT2D eigenvalue weighted by atomic mass is 16.5. The minimum atomic E-state index is -0.0462. The number of aryl methyl sites for hydroxylation is 3. The predicted octanol–water partition coefficient (Wildman–Crippen LogP) is 4.53. The molecule has 0 aromatic heterocycles. The van der Waals surface area contributed by atoms with Crippen molar-refractivity contribution in [3.05, 3.63) is 28.8 Å². The van der Waals surface area contributed by atoms with Crippen LogP contribution >= 0.6 is 0 Å². The second-order valence-corrected chi connectivity index (χ2v) is 7.67. The summed E-state index contributed by atoms with van der Waals surface area (Å²) in [6.45, 7) is 9.36. The fourth-order valence-corrected chi connectivity index (χ4v) is 3.67. The molecule has 1 fully saturated rings.